The molecule has 82 heavy (non-hydrogen) atoms. The van der Waals surface area contributed by atoms with Gasteiger partial charge in [0.15, 0.2) is 0 Å². The van der Waals surface area contributed by atoms with E-state index in [0.29, 0.717) is 5.92 Å². The molecule has 8 aromatic carbocycles. The summed E-state index contributed by atoms with van der Waals surface area (Å²) in [4.78, 5) is 8.36. The Labute approximate surface area is 493 Å². The predicted octanol–water partition coefficient (Wildman–Crippen LogP) is 19.8. The zero-order valence-corrected chi connectivity index (χ0v) is 52.5. The fourth-order valence-corrected chi connectivity index (χ4v) is 16.2. The second-order valence-corrected chi connectivity index (χ2v) is 30.7. The standard InChI is InChI=1S/C78H88BN3/c1-49(2)52-30-34-62-67(40-52)80(64-35-31-53(72(3,4)5)41-57(64)50-26-20-18-21-27-50)69-44-56(82-66-37-33-55(74(9,10)11)43-61(66)77(16)38-24-25-39-78(77,82)17)45-70-71(69)79(62)63-46-59-60(76(14,15)48-75(59,12)13)47-68(63)81(70)65-36-32-54(73(6,7)8)42-58(65)51-28-22-19-23-29-51/h18-23,26-37,40-47,49H,24-25,38-39,48H2,1-17H3. The van der Waals surface area contributed by atoms with Gasteiger partial charge in [-0.15, -0.1) is 0 Å². The van der Waals surface area contributed by atoms with Gasteiger partial charge in [0.1, 0.15) is 0 Å². The highest BCUT2D eigenvalue weighted by Crippen LogP contribution is 2.63. The molecule has 0 amide bonds. The Morgan fingerprint density at radius 3 is 1.41 bits per heavy atom. The molecular formula is C78H88BN3. The van der Waals surface area contributed by atoms with Crippen molar-refractivity contribution >= 4 is 68.6 Å². The largest absolute Gasteiger partial charge is 0.334 e. The molecule has 3 heterocycles. The Morgan fingerprint density at radius 1 is 0.427 bits per heavy atom. The molecule has 8 aromatic rings. The SMILES string of the molecule is CC(C)c1ccc2c(c1)N(c1ccc(C(C)(C)C)cc1-c1ccccc1)c1cc(N3c4ccc(C(C)(C)C)cc4C4(C)CCCCC34C)cc3c1B2c1cc2c(cc1N3c1ccc(C(C)(C)C)cc1-c1ccccc1)C(C)(C)CC2(C)C. The second kappa shape index (κ2) is 18.4. The molecule has 0 aromatic heterocycles. The van der Waals surface area contributed by atoms with Gasteiger partial charge in [-0.25, -0.2) is 0 Å². The molecule has 0 bridgehead atoms. The van der Waals surface area contributed by atoms with Crippen molar-refractivity contribution in [3.63, 3.8) is 0 Å². The van der Waals surface area contributed by atoms with Crippen molar-refractivity contribution < 1.29 is 0 Å². The summed E-state index contributed by atoms with van der Waals surface area (Å²) in [6, 6.07) is 63.2. The Balaban J connectivity index is 1.22. The van der Waals surface area contributed by atoms with Gasteiger partial charge in [0, 0.05) is 50.7 Å². The maximum atomic E-state index is 2.86. The lowest BCUT2D eigenvalue weighted by Gasteiger charge is -2.51. The van der Waals surface area contributed by atoms with Gasteiger partial charge in [0.2, 0.25) is 0 Å². The van der Waals surface area contributed by atoms with Crippen LogP contribution in [0.15, 0.2) is 158 Å². The van der Waals surface area contributed by atoms with Gasteiger partial charge >= 0.3 is 0 Å². The Morgan fingerprint density at radius 2 is 0.902 bits per heavy atom. The lowest BCUT2D eigenvalue weighted by Crippen LogP contribution is -2.62. The van der Waals surface area contributed by atoms with Gasteiger partial charge in [0.25, 0.3) is 6.71 Å². The van der Waals surface area contributed by atoms with Gasteiger partial charge in [-0.05, 0) is 180 Å². The first-order valence-corrected chi connectivity index (χ1v) is 31.1. The van der Waals surface area contributed by atoms with Crippen LogP contribution in [-0.2, 0) is 32.5 Å². The lowest BCUT2D eigenvalue weighted by atomic mass is 9.33. The van der Waals surface area contributed by atoms with E-state index in [2.05, 4.69) is 290 Å². The highest BCUT2D eigenvalue weighted by atomic mass is 15.3. The molecule has 0 saturated heterocycles. The fourth-order valence-electron chi connectivity index (χ4n) is 16.2. The van der Waals surface area contributed by atoms with Crippen LogP contribution >= 0.6 is 0 Å². The van der Waals surface area contributed by atoms with E-state index in [1.165, 1.54) is 136 Å². The van der Waals surface area contributed by atoms with E-state index in [9.17, 15) is 0 Å². The van der Waals surface area contributed by atoms with E-state index in [0.717, 1.165) is 19.3 Å². The Bertz CT molecular complexity index is 3880. The highest BCUT2D eigenvalue weighted by Gasteiger charge is 2.59. The third-order valence-corrected chi connectivity index (χ3v) is 20.8. The molecule has 0 spiro atoms. The molecule has 2 aliphatic carbocycles. The number of hydrogen-bond donors (Lipinski definition) is 0. The highest BCUT2D eigenvalue weighted by molar-refractivity contribution is 7.00. The van der Waals surface area contributed by atoms with Crippen molar-refractivity contribution in [1.29, 1.82) is 0 Å². The fraction of sp³-hybridized carbons (Fsp3) is 0.385. The summed E-state index contributed by atoms with van der Waals surface area (Å²) in [5, 5.41) is 0. The van der Waals surface area contributed by atoms with E-state index in [-0.39, 0.29) is 44.7 Å². The molecule has 3 nitrogen and oxygen atoms in total. The molecule has 418 valence electrons. The number of rotatable bonds is 6. The first kappa shape index (κ1) is 54.5. The van der Waals surface area contributed by atoms with E-state index < -0.39 is 0 Å². The minimum Gasteiger partial charge on any atom is -0.334 e. The summed E-state index contributed by atoms with van der Waals surface area (Å²) in [7, 11) is 0. The molecule has 2 atom stereocenters. The molecular weight excluding hydrogens is 990 g/mol. The first-order valence-electron chi connectivity index (χ1n) is 31.1. The van der Waals surface area contributed by atoms with Crippen molar-refractivity contribution in [1.82, 2.24) is 0 Å². The summed E-state index contributed by atoms with van der Waals surface area (Å²) in [5.74, 6) is 0.336. The second-order valence-electron chi connectivity index (χ2n) is 30.7. The average molecular weight is 1080 g/mol. The Kier molecular flexibility index (Phi) is 12.2. The molecule has 13 rings (SSSR count). The van der Waals surface area contributed by atoms with Crippen molar-refractivity contribution in [2.45, 2.75) is 194 Å². The first-order chi connectivity index (χ1) is 38.6. The van der Waals surface area contributed by atoms with Gasteiger partial charge in [-0.2, -0.15) is 0 Å². The molecule has 3 aliphatic heterocycles. The summed E-state index contributed by atoms with van der Waals surface area (Å²) < 4.78 is 0. The number of anilines is 8. The summed E-state index contributed by atoms with van der Waals surface area (Å²) >= 11 is 0. The van der Waals surface area contributed by atoms with Gasteiger partial charge < -0.3 is 14.7 Å². The molecule has 0 N–H and O–H groups in total. The summed E-state index contributed by atoms with van der Waals surface area (Å²) in [5.41, 5.74) is 28.7. The third kappa shape index (κ3) is 8.25. The smallest absolute Gasteiger partial charge is 0.252 e. The van der Waals surface area contributed by atoms with Crippen LogP contribution in [0.5, 0.6) is 0 Å². The van der Waals surface area contributed by atoms with Crippen LogP contribution < -0.4 is 31.1 Å². The van der Waals surface area contributed by atoms with Crippen LogP contribution in [0.25, 0.3) is 22.3 Å². The van der Waals surface area contributed by atoms with Gasteiger partial charge in [-0.3, -0.25) is 0 Å². The minimum atomic E-state index is -0.187. The van der Waals surface area contributed by atoms with Crippen molar-refractivity contribution in [3.8, 4) is 22.3 Å². The molecule has 2 unspecified atom stereocenters. The number of benzene rings is 8. The van der Waals surface area contributed by atoms with Crippen LogP contribution in [-0.4, -0.2) is 12.3 Å². The molecule has 4 heteroatoms. The van der Waals surface area contributed by atoms with Gasteiger partial charge in [-0.1, -0.05) is 227 Å². The number of hydrogen-bond acceptors (Lipinski definition) is 3. The van der Waals surface area contributed by atoms with Crippen LogP contribution in [0.4, 0.5) is 45.5 Å². The van der Waals surface area contributed by atoms with Gasteiger partial charge in [0.05, 0.1) is 16.9 Å². The zero-order valence-electron chi connectivity index (χ0n) is 52.5. The maximum absolute atomic E-state index is 2.86. The minimum absolute atomic E-state index is 0.00226. The van der Waals surface area contributed by atoms with E-state index in [1.54, 1.807) is 0 Å². The average Bonchev–Trinajstić information content (AvgIpc) is 2.29. The summed E-state index contributed by atoms with van der Waals surface area (Å²) in [6.45, 7) is 41.2. The van der Waals surface area contributed by atoms with Crippen LogP contribution in [0.3, 0.4) is 0 Å². The van der Waals surface area contributed by atoms with Crippen LogP contribution in [0.1, 0.15) is 195 Å². The van der Waals surface area contributed by atoms with Crippen molar-refractivity contribution in [3.05, 3.63) is 197 Å². The lowest BCUT2D eigenvalue weighted by molar-refractivity contribution is 0.195. The molecule has 1 fully saturated rings. The van der Waals surface area contributed by atoms with Crippen molar-refractivity contribution in [2.75, 3.05) is 14.7 Å². The van der Waals surface area contributed by atoms with E-state index >= 15 is 0 Å². The van der Waals surface area contributed by atoms with Crippen LogP contribution in [0.2, 0.25) is 0 Å². The Hall–Kier alpha value is -6.78. The predicted molar refractivity (Wildman–Crippen MR) is 355 cm³/mol. The quantitative estimate of drug-likeness (QED) is 0.154. The molecule has 5 aliphatic rings. The number of fused-ring (bicyclic) bond motifs is 8. The topological polar surface area (TPSA) is 9.72 Å². The van der Waals surface area contributed by atoms with Crippen LogP contribution in [0, 0.1) is 0 Å². The third-order valence-electron chi connectivity index (χ3n) is 20.8. The summed E-state index contributed by atoms with van der Waals surface area (Å²) in [6.07, 6.45) is 5.82. The van der Waals surface area contributed by atoms with E-state index in [1.807, 2.05) is 0 Å². The zero-order chi connectivity index (χ0) is 58.0. The molecule has 0 radical (unpaired) electrons. The van der Waals surface area contributed by atoms with E-state index in [4.69, 9.17) is 0 Å². The number of nitrogens with zero attached hydrogens (tertiary/aromatic N) is 3. The monoisotopic (exact) mass is 1080 g/mol. The maximum Gasteiger partial charge on any atom is 0.252 e. The van der Waals surface area contributed by atoms with Crippen molar-refractivity contribution in [2.24, 2.45) is 0 Å². The molecule has 1 saturated carbocycles. The normalized spacial score (nSPS) is 20.3.